The van der Waals surface area contributed by atoms with Crippen molar-refractivity contribution in [3.05, 3.63) is 18.0 Å². The van der Waals surface area contributed by atoms with Crippen LogP contribution in [0.25, 0.3) is 0 Å². The van der Waals surface area contributed by atoms with Crippen LogP contribution in [-0.4, -0.2) is 28.9 Å². The number of carbonyl (C=O) groups is 1. The molecule has 1 aliphatic rings. The van der Waals surface area contributed by atoms with Gasteiger partial charge in [-0.05, 0) is 38.8 Å². The van der Waals surface area contributed by atoms with Crippen LogP contribution < -0.4 is 5.32 Å². The summed E-state index contributed by atoms with van der Waals surface area (Å²) in [6.45, 7) is 3.88. The van der Waals surface area contributed by atoms with Gasteiger partial charge in [0, 0.05) is 19.2 Å². The van der Waals surface area contributed by atoms with Gasteiger partial charge in [-0.1, -0.05) is 19.3 Å². The maximum absolute atomic E-state index is 11.2. The van der Waals surface area contributed by atoms with Gasteiger partial charge in [-0.3, -0.25) is 9.48 Å². The molecule has 21 heavy (non-hydrogen) atoms. The number of nitrogens with zero attached hydrogens (tertiary/aromatic N) is 2. The van der Waals surface area contributed by atoms with Crippen molar-refractivity contribution in [3.63, 3.8) is 0 Å². The van der Waals surface area contributed by atoms with E-state index in [1.54, 1.807) is 0 Å². The van der Waals surface area contributed by atoms with Gasteiger partial charge in [-0.2, -0.15) is 5.10 Å². The number of ether oxygens (including phenoxy) is 1. The van der Waals surface area contributed by atoms with E-state index in [4.69, 9.17) is 4.74 Å². The largest absolute Gasteiger partial charge is 0.466 e. The number of carbonyl (C=O) groups excluding carboxylic acids is 1. The molecule has 0 aromatic carbocycles. The maximum atomic E-state index is 11.2. The fourth-order valence-corrected chi connectivity index (χ4v) is 2.83. The SMILES string of the molecule is CCOC(=O)CCCNCc1ccn(C2CCCCC2)n1. The Hall–Kier alpha value is -1.36. The van der Waals surface area contributed by atoms with Crippen molar-refractivity contribution in [2.24, 2.45) is 0 Å². The second kappa shape index (κ2) is 8.82. The van der Waals surface area contributed by atoms with E-state index in [2.05, 4.69) is 27.4 Å². The summed E-state index contributed by atoms with van der Waals surface area (Å²) in [6.07, 6.45) is 9.93. The Morgan fingerprint density at radius 1 is 1.43 bits per heavy atom. The van der Waals surface area contributed by atoms with E-state index < -0.39 is 0 Å². The molecule has 0 bridgehead atoms. The summed E-state index contributed by atoms with van der Waals surface area (Å²) in [5, 5.41) is 7.99. The third-order valence-electron chi connectivity index (χ3n) is 3.96. The number of hydrogen-bond acceptors (Lipinski definition) is 4. The Morgan fingerprint density at radius 3 is 3.00 bits per heavy atom. The summed E-state index contributed by atoms with van der Waals surface area (Å²) in [5.74, 6) is -0.110. The highest BCUT2D eigenvalue weighted by Gasteiger charge is 2.15. The van der Waals surface area contributed by atoms with Gasteiger partial charge in [0.25, 0.3) is 0 Å². The van der Waals surface area contributed by atoms with Crippen molar-refractivity contribution < 1.29 is 9.53 Å². The Balaban J connectivity index is 1.62. The molecule has 0 unspecified atom stereocenters. The predicted octanol–water partition coefficient (Wildman–Crippen LogP) is 2.82. The van der Waals surface area contributed by atoms with Crippen LogP contribution in [0, 0.1) is 0 Å². The van der Waals surface area contributed by atoms with Crippen molar-refractivity contribution >= 4 is 5.97 Å². The zero-order valence-electron chi connectivity index (χ0n) is 13.0. The lowest BCUT2D eigenvalue weighted by Crippen LogP contribution is -2.18. The van der Waals surface area contributed by atoms with Gasteiger partial charge in [-0.25, -0.2) is 0 Å². The monoisotopic (exact) mass is 293 g/mol. The van der Waals surface area contributed by atoms with Gasteiger partial charge >= 0.3 is 5.97 Å². The molecule has 1 aromatic heterocycles. The number of aromatic nitrogens is 2. The first kappa shape index (κ1) is 16.0. The van der Waals surface area contributed by atoms with Gasteiger partial charge < -0.3 is 10.1 Å². The zero-order valence-corrected chi connectivity index (χ0v) is 13.0. The van der Waals surface area contributed by atoms with Gasteiger partial charge in [0.15, 0.2) is 0 Å². The topological polar surface area (TPSA) is 56.1 Å². The Bertz CT molecular complexity index is 425. The van der Waals surface area contributed by atoms with E-state index in [1.165, 1.54) is 32.1 Å². The van der Waals surface area contributed by atoms with Gasteiger partial charge in [-0.15, -0.1) is 0 Å². The Kier molecular flexibility index (Phi) is 6.73. The highest BCUT2D eigenvalue weighted by atomic mass is 16.5. The highest BCUT2D eigenvalue weighted by Crippen LogP contribution is 2.27. The second-order valence-corrected chi connectivity index (χ2v) is 5.66. The van der Waals surface area contributed by atoms with Gasteiger partial charge in [0.2, 0.25) is 0 Å². The third-order valence-corrected chi connectivity index (χ3v) is 3.96. The van der Waals surface area contributed by atoms with E-state index in [1.807, 2.05) is 6.92 Å². The second-order valence-electron chi connectivity index (χ2n) is 5.66. The van der Waals surface area contributed by atoms with Crippen LogP contribution in [0.3, 0.4) is 0 Å². The van der Waals surface area contributed by atoms with Crippen LogP contribution in [0.5, 0.6) is 0 Å². The molecule has 0 amide bonds. The standard InChI is InChI=1S/C16H27N3O2/c1-2-21-16(20)9-6-11-17-13-14-10-12-19(18-14)15-7-4-3-5-8-15/h10,12,15,17H,2-9,11,13H2,1H3. The molecule has 1 fully saturated rings. The van der Waals surface area contributed by atoms with E-state index in [9.17, 15) is 4.79 Å². The first-order valence-corrected chi connectivity index (χ1v) is 8.20. The molecule has 0 aliphatic heterocycles. The van der Waals surface area contributed by atoms with Crippen molar-refractivity contribution in [1.29, 1.82) is 0 Å². The van der Waals surface area contributed by atoms with E-state index >= 15 is 0 Å². The first-order chi connectivity index (χ1) is 10.3. The van der Waals surface area contributed by atoms with Gasteiger partial charge in [0.1, 0.15) is 0 Å². The summed E-state index contributed by atoms with van der Waals surface area (Å²) in [7, 11) is 0. The lowest BCUT2D eigenvalue weighted by molar-refractivity contribution is -0.143. The quantitative estimate of drug-likeness (QED) is 0.591. The van der Waals surface area contributed by atoms with Crippen molar-refractivity contribution in [2.75, 3.05) is 13.2 Å². The van der Waals surface area contributed by atoms with Crippen LogP contribution >= 0.6 is 0 Å². The number of rotatable bonds is 8. The van der Waals surface area contributed by atoms with Crippen LogP contribution in [0.4, 0.5) is 0 Å². The first-order valence-electron chi connectivity index (χ1n) is 8.20. The maximum Gasteiger partial charge on any atom is 0.305 e. The number of nitrogens with one attached hydrogen (secondary N) is 1. The summed E-state index contributed by atoms with van der Waals surface area (Å²) in [5.41, 5.74) is 1.08. The van der Waals surface area contributed by atoms with Crippen molar-refractivity contribution in [2.45, 2.75) is 64.5 Å². The lowest BCUT2D eigenvalue weighted by Gasteiger charge is -2.21. The minimum Gasteiger partial charge on any atom is -0.466 e. The lowest BCUT2D eigenvalue weighted by atomic mass is 9.96. The fourth-order valence-electron chi connectivity index (χ4n) is 2.83. The number of esters is 1. The summed E-state index contributed by atoms with van der Waals surface area (Å²) < 4.78 is 7.03. The van der Waals surface area contributed by atoms with Crippen LogP contribution in [0.15, 0.2) is 12.3 Å². The third kappa shape index (κ3) is 5.50. The van der Waals surface area contributed by atoms with Crippen molar-refractivity contribution in [1.82, 2.24) is 15.1 Å². The number of hydrogen-bond donors (Lipinski definition) is 1. The molecule has 1 heterocycles. The average Bonchev–Trinajstić information content (AvgIpc) is 2.97. The molecule has 1 N–H and O–H groups in total. The highest BCUT2D eigenvalue weighted by molar-refractivity contribution is 5.69. The molecule has 5 nitrogen and oxygen atoms in total. The van der Waals surface area contributed by atoms with Crippen molar-refractivity contribution in [3.8, 4) is 0 Å². The van der Waals surface area contributed by atoms with E-state index in [0.717, 1.165) is 25.2 Å². The molecule has 1 saturated carbocycles. The normalized spacial score (nSPS) is 16.0. The van der Waals surface area contributed by atoms with Crippen LogP contribution in [-0.2, 0) is 16.1 Å². The van der Waals surface area contributed by atoms with E-state index in [0.29, 0.717) is 19.1 Å². The molecular formula is C16H27N3O2. The molecule has 118 valence electrons. The minimum atomic E-state index is -0.110. The average molecular weight is 293 g/mol. The summed E-state index contributed by atoms with van der Waals surface area (Å²) in [4.78, 5) is 11.2. The summed E-state index contributed by atoms with van der Waals surface area (Å²) in [6, 6.07) is 2.68. The molecule has 0 atom stereocenters. The minimum absolute atomic E-state index is 0.110. The molecule has 1 aliphatic carbocycles. The molecular weight excluding hydrogens is 266 g/mol. The molecule has 0 saturated heterocycles. The Labute approximate surface area is 127 Å². The molecule has 0 radical (unpaired) electrons. The predicted molar refractivity (Wildman–Crippen MR) is 81.9 cm³/mol. The molecule has 5 heteroatoms. The fraction of sp³-hybridized carbons (Fsp3) is 0.750. The molecule has 1 aromatic rings. The Morgan fingerprint density at radius 2 is 2.24 bits per heavy atom. The van der Waals surface area contributed by atoms with E-state index in [-0.39, 0.29) is 5.97 Å². The summed E-state index contributed by atoms with van der Waals surface area (Å²) >= 11 is 0. The molecule has 2 rings (SSSR count). The van der Waals surface area contributed by atoms with Crippen LogP contribution in [0.1, 0.15) is 63.6 Å². The van der Waals surface area contributed by atoms with Crippen LogP contribution in [0.2, 0.25) is 0 Å². The smallest absolute Gasteiger partial charge is 0.305 e. The van der Waals surface area contributed by atoms with Gasteiger partial charge in [0.05, 0.1) is 18.3 Å². The zero-order chi connectivity index (χ0) is 14.9. The molecule has 0 spiro atoms.